The number of nitrogens with one attached hydrogen (secondary N) is 2. The first-order valence-electron chi connectivity index (χ1n) is 8.94. The van der Waals surface area contributed by atoms with Gasteiger partial charge < -0.3 is 10.6 Å². The van der Waals surface area contributed by atoms with E-state index in [0.717, 1.165) is 5.56 Å². The molecule has 1 aliphatic heterocycles. The second-order valence-electron chi connectivity index (χ2n) is 6.71. The van der Waals surface area contributed by atoms with Crippen LogP contribution in [0.3, 0.4) is 0 Å². The Morgan fingerprint density at radius 2 is 1.90 bits per heavy atom. The van der Waals surface area contributed by atoms with Crippen LogP contribution in [0.25, 0.3) is 0 Å². The molecule has 0 saturated heterocycles. The second kappa shape index (κ2) is 8.42. The molecule has 154 valence electrons. The van der Waals surface area contributed by atoms with Crippen molar-refractivity contribution in [3.05, 3.63) is 59.1 Å². The van der Waals surface area contributed by atoms with Crippen molar-refractivity contribution < 1.29 is 22.8 Å². The highest BCUT2D eigenvalue weighted by Gasteiger charge is 2.48. The van der Waals surface area contributed by atoms with Crippen molar-refractivity contribution in [2.45, 2.75) is 31.6 Å². The van der Waals surface area contributed by atoms with Gasteiger partial charge in [0.1, 0.15) is 6.04 Å². The van der Waals surface area contributed by atoms with Crippen molar-refractivity contribution in [1.29, 1.82) is 0 Å². The summed E-state index contributed by atoms with van der Waals surface area (Å²) in [6.45, 7) is 1.40. The Morgan fingerprint density at radius 3 is 2.59 bits per heavy atom. The number of carbonyl (C=O) groups excluding carboxylic acids is 2. The second-order valence-corrected chi connectivity index (χ2v) is 7.12. The predicted molar refractivity (Wildman–Crippen MR) is 105 cm³/mol. The first-order chi connectivity index (χ1) is 13.7. The Labute approximate surface area is 170 Å². The van der Waals surface area contributed by atoms with Gasteiger partial charge in [-0.15, -0.1) is 0 Å². The van der Waals surface area contributed by atoms with Gasteiger partial charge in [0.05, 0.1) is 24.3 Å². The zero-order valence-corrected chi connectivity index (χ0v) is 16.2. The third kappa shape index (κ3) is 4.71. The Balaban J connectivity index is 1.87. The molecule has 0 spiro atoms. The van der Waals surface area contributed by atoms with Gasteiger partial charge in [0.25, 0.3) is 0 Å². The molecule has 29 heavy (non-hydrogen) atoms. The minimum atomic E-state index is -4.77. The zero-order chi connectivity index (χ0) is 21.2. The third-order valence-corrected chi connectivity index (χ3v) is 5.05. The lowest BCUT2D eigenvalue weighted by Gasteiger charge is -2.32. The lowest BCUT2D eigenvalue weighted by atomic mass is 10.1. The number of anilines is 2. The van der Waals surface area contributed by atoms with E-state index in [2.05, 4.69) is 10.6 Å². The molecule has 2 unspecified atom stereocenters. The minimum Gasteiger partial charge on any atom is -0.324 e. The number of rotatable bonds is 4. The maximum Gasteiger partial charge on any atom is 0.409 e. The molecule has 0 saturated carbocycles. The summed E-state index contributed by atoms with van der Waals surface area (Å²) in [6.07, 6.45) is -5.64. The number of benzene rings is 2. The Hall–Kier alpha value is -2.58. The van der Waals surface area contributed by atoms with Gasteiger partial charge in [-0.05, 0) is 30.7 Å². The van der Waals surface area contributed by atoms with Gasteiger partial charge in [-0.3, -0.25) is 14.5 Å². The number of nitrogens with zero attached hydrogens (tertiary/aromatic N) is 1. The molecule has 0 aliphatic carbocycles. The molecular weight excluding hydrogens is 407 g/mol. The monoisotopic (exact) mass is 425 g/mol. The van der Waals surface area contributed by atoms with E-state index in [4.69, 9.17) is 11.6 Å². The number of alkyl halides is 3. The zero-order valence-electron chi connectivity index (χ0n) is 15.5. The molecular formula is C20H19ClF3N3O2. The summed E-state index contributed by atoms with van der Waals surface area (Å²) in [4.78, 5) is 25.5. The van der Waals surface area contributed by atoms with Crippen molar-refractivity contribution in [1.82, 2.24) is 5.32 Å². The molecule has 2 amide bonds. The minimum absolute atomic E-state index is 0.0119. The summed E-state index contributed by atoms with van der Waals surface area (Å²) in [5.74, 6) is -1.59. The fourth-order valence-corrected chi connectivity index (χ4v) is 3.56. The van der Waals surface area contributed by atoms with Gasteiger partial charge in [0, 0.05) is 11.1 Å². The van der Waals surface area contributed by atoms with Crippen LogP contribution < -0.4 is 15.5 Å². The van der Waals surface area contributed by atoms with E-state index < -0.39 is 30.5 Å². The van der Waals surface area contributed by atoms with Gasteiger partial charge in [-0.1, -0.05) is 41.9 Å². The molecule has 1 aliphatic rings. The molecule has 2 atom stereocenters. The van der Waals surface area contributed by atoms with Crippen molar-refractivity contribution in [2.24, 2.45) is 0 Å². The van der Waals surface area contributed by atoms with E-state index in [0.29, 0.717) is 9.92 Å². The highest BCUT2D eigenvalue weighted by Crippen LogP contribution is 2.37. The average Bonchev–Trinajstić information content (AvgIpc) is 2.81. The highest BCUT2D eigenvalue weighted by molar-refractivity contribution is 6.31. The molecule has 0 bridgehead atoms. The SMILES string of the molecule is CC(NCC(=O)N1c2ccccc2NC(=O)CC1C(F)(F)F)c1ccccc1Cl. The first kappa shape index (κ1) is 21.1. The van der Waals surface area contributed by atoms with E-state index in [9.17, 15) is 22.8 Å². The first-order valence-corrected chi connectivity index (χ1v) is 9.31. The molecule has 1 heterocycles. The number of halogens is 4. The van der Waals surface area contributed by atoms with Crippen LogP contribution in [-0.4, -0.2) is 30.6 Å². The summed E-state index contributed by atoms with van der Waals surface area (Å²) in [7, 11) is 0. The standard InChI is InChI=1S/C20H19ClF3N3O2/c1-12(13-6-2-3-7-14(13)21)25-11-19(29)27-16-9-5-4-8-15(16)26-18(28)10-17(27)20(22,23)24/h2-9,12,17,25H,10-11H2,1H3,(H,26,28). The molecule has 9 heteroatoms. The molecule has 0 fully saturated rings. The maximum atomic E-state index is 13.7. The van der Waals surface area contributed by atoms with E-state index in [1.54, 1.807) is 37.3 Å². The summed E-state index contributed by atoms with van der Waals surface area (Å²) >= 11 is 6.14. The van der Waals surface area contributed by atoms with Crippen LogP contribution in [0.15, 0.2) is 48.5 Å². The molecule has 3 rings (SSSR count). The fourth-order valence-electron chi connectivity index (χ4n) is 3.26. The normalized spacial score (nSPS) is 17.9. The average molecular weight is 426 g/mol. The fraction of sp³-hybridized carbons (Fsp3) is 0.300. The molecule has 2 aromatic rings. The number of para-hydroxylation sites is 2. The summed E-state index contributed by atoms with van der Waals surface area (Å²) < 4.78 is 41.1. The van der Waals surface area contributed by atoms with Crippen LogP contribution in [0.5, 0.6) is 0 Å². The van der Waals surface area contributed by atoms with Crippen LogP contribution >= 0.6 is 11.6 Å². The third-order valence-electron chi connectivity index (χ3n) is 4.71. The van der Waals surface area contributed by atoms with Gasteiger partial charge in [-0.25, -0.2) is 0 Å². The number of hydrogen-bond acceptors (Lipinski definition) is 3. The maximum absolute atomic E-state index is 13.7. The van der Waals surface area contributed by atoms with Gasteiger partial charge in [0.2, 0.25) is 11.8 Å². The molecule has 5 nitrogen and oxygen atoms in total. The van der Waals surface area contributed by atoms with E-state index >= 15 is 0 Å². The van der Waals surface area contributed by atoms with Crippen LogP contribution in [0, 0.1) is 0 Å². The van der Waals surface area contributed by atoms with Crippen LogP contribution in [0.2, 0.25) is 5.02 Å². The molecule has 2 N–H and O–H groups in total. The predicted octanol–water partition coefficient (Wildman–Crippen LogP) is 4.30. The van der Waals surface area contributed by atoms with E-state index in [1.807, 2.05) is 0 Å². The number of fused-ring (bicyclic) bond motifs is 1. The number of carbonyl (C=O) groups is 2. The molecule has 0 radical (unpaired) electrons. The Bertz CT molecular complexity index is 920. The van der Waals surface area contributed by atoms with Gasteiger partial charge >= 0.3 is 6.18 Å². The van der Waals surface area contributed by atoms with E-state index in [-0.39, 0.29) is 24.0 Å². The highest BCUT2D eigenvalue weighted by atomic mass is 35.5. The van der Waals surface area contributed by atoms with Crippen LogP contribution in [0.4, 0.5) is 24.5 Å². The summed E-state index contributed by atoms with van der Waals surface area (Å²) in [6, 6.07) is 10.3. The Kier molecular flexibility index (Phi) is 6.14. The quantitative estimate of drug-likeness (QED) is 0.768. The van der Waals surface area contributed by atoms with Crippen molar-refractivity contribution in [2.75, 3.05) is 16.8 Å². The van der Waals surface area contributed by atoms with Crippen LogP contribution in [-0.2, 0) is 9.59 Å². The number of hydrogen-bond donors (Lipinski definition) is 2. The number of amides is 2. The van der Waals surface area contributed by atoms with Crippen LogP contribution in [0.1, 0.15) is 24.9 Å². The lowest BCUT2D eigenvalue weighted by molar-refractivity contribution is -0.157. The Morgan fingerprint density at radius 1 is 1.24 bits per heavy atom. The lowest BCUT2D eigenvalue weighted by Crippen LogP contribution is -2.52. The topological polar surface area (TPSA) is 61.4 Å². The smallest absolute Gasteiger partial charge is 0.324 e. The summed E-state index contributed by atoms with van der Waals surface area (Å²) in [5, 5.41) is 5.85. The molecule has 0 aromatic heterocycles. The van der Waals surface area contributed by atoms with E-state index in [1.165, 1.54) is 18.2 Å². The van der Waals surface area contributed by atoms with Gasteiger partial charge in [-0.2, -0.15) is 13.2 Å². The van der Waals surface area contributed by atoms with Crippen molar-refractivity contribution in [3.8, 4) is 0 Å². The molecule has 2 aromatic carbocycles. The van der Waals surface area contributed by atoms with Crippen molar-refractivity contribution in [3.63, 3.8) is 0 Å². The largest absolute Gasteiger partial charge is 0.409 e. The van der Waals surface area contributed by atoms with Gasteiger partial charge in [0.15, 0.2) is 0 Å². The summed E-state index contributed by atoms with van der Waals surface area (Å²) in [5.41, 5.74) is 0.900. The van der Waals surface area contributed by atoms with Crippen molar-refractivity contribution >= 4 is 34.8 Å².